The van der Waals surface area contributed by atoms with Gasteiger partial charge in [0.05, 0.1) is 32.7 Å². The Bertz CT molecular complexity index is 934. The molecule has 1 N–H and O–H groups in total. The summed E-state index contributed by atoms with van der Waals surface area (Å²) in [5.74, 6) is -0.320. The largest absolute Gasteiger partial charge is 0.325 e. The summed E-state index contributed by atoms with van der Waals surface area (Å²) in [7, 11) is -3.50. The minimum absolute atomic E-state index is 0.0934. The Morgan fingerprint density at radius 1 is 1.00 bits per heavy atom. The van der Waals surface area contributed by atoms with Crippen molar-refractivity contribution in [3.8, 4) is 0 Å². The van der Waals surface area contributed by atoms with Crippen molar-refractivity contribution in [1.82, 2.24) is 0 Å². The molecule has 0 radical (unpaired) electrons. The van der Waals surface area contributed by atoms with Crippen LogP contribution in [-0.4, -0.2) is 27.1 Å². The Morgan fingerprint density at radius 2 is 1.59 bits per heavy atom. The van der Waals surface area contributed by atoms with E-state index in [1.807, 2.05) is 0 Å². The summed E-state index contributed by atoms with van der Waals surface area (Å²) in [6, 6.07) is 9.33. The second-order valence-corrected chi connectivity index (χ2v) is 9.27. The first-order valence-corrected chi connectivity index (χ1v) is 11.1. The number of sulfonamides is 1. The lowest BCUT2D eigenvalue weighted by atomic mass is 10.2. The summed E-state index contributed by atoms with van der Waals surface area (Å²) in [5, 5.41) is 3.95. The first-order valence-electron chi connectivity index (χ1n) is 7.75. The molecule has 10 heteroatoms. The van der Waals surface area contributed by atoms with Gasteiger partial charge in [-0.1, -0.05) is 46.4 Å². The van der Waals surface area contributed by atoms with Gasteiger partial charge in [-0.3, -0.25) is 9.10 Å². The highest BCUT2D eigenvalue weighted by atomic mass is 35.5. The molecule has 0 heterocycles. The Kier molecular flexibility index (Phi) is 7.65. The van der Waals surface area contributed by atoms with Crippen LogP contribution in [0.1, 0.15) is 12.8 Å². The van der Waals surface area contributed by atoms with E-state index in [1.165, 1.54) is 16.4 Å². The number of anilines is 2. The van der Waals surface area contributed by atoms with E-state index in [-0.39, 0.29) is 33.9 Å². The van der Waals surface area contributed by atoms with Gasteiger partial charge in [0, 0.05) is 18.0 Å². The normalized spacial score (nSPS) is 11.3. The molecule has 0 saturated heterocycles. The molecule has 1 amide bonds. The number of nitrogens with one attached hydrogen (secondary N) is 1. The van der Waals surface area contributed by atoms with Gasteiger partial charge in [-0.25, -0.2) is 8.42 Å². The van der Waals surface area contributed by atoms with Crippen molar-refractivity contribution < 1.29 is 13.2 Å². The molecule has 0 bridgehead atoms. The smallest absolute Gasteiger partial charge is 0.232 e. The Balaban J connectivity index is 1.99. The monoisotopic (exact) mass is 468 g/mol. The number of carbonyl (C=O) groups is 1. The third kappa shape index (κ3) is 6.43. The Labute approximate surface area is 178 Å². The molecule has 2 aromatic carbocycles. The minimum Gasteiger partial charge on any atom is -0.325 e. The van der Waals surface area contributed by atoms with E-state index in [0.717, 1.165) is 6.26 Å². The van der Waals surface area contributed by atoms with Gasteiger partial charge in [-0.15, -0.1) is 0 Å². The van der Waals surface area contributed by atoms with E-state index in [0.29, 0.717) is 22.8 Å². The van der Waals surface area contributed by atoms with Gasteiger partial charge < -0.3 is 5.32 Å². The second-order valence-electron chi connectivity index (χ2n) is 5.71. The molecule has 0 saturated carbocycles. The quantitative estimate of drug-likeness (QED) is 0.545. The van der Waals surface area contributed by atoms with Gasteiger partial charge in [-0.05, 0) is 42.8 Å². The van der Waals surface area contributed by atoms with E-state index >= 15 is 0 Å². The molecule has 0 atom stereocenters. The number of halogens is 4. The number of carbonyl (C=O) groups excluding carboxylic acids is 1. The van der Waals surface area contributed by atoms with Gasteiger partial charge in [0.15, 0.2) is 0 Å². The number of benzene rings is 2. The van der Waals surface area contributed by atoms with Crippen molar-refractivity contribution in [3.63, 3.8) is 0 Å². The molecule has 0 aromatic heterocycles. The van der Waals surface area contributed by atoms with Gasteiger partial charge in [0.25, 0.3) is 0 Å². The molecule has 2 rings (SSSR count). The number of nitrogens with zero attached hydrogens (tertiary/aromatic N) is 1. The molecular formula is C17H16Cl4N2O3S. The maximum atomic E-state index is 12.1. The van der Waals surface area contributed by atoms with Crippen LogP contribution in [0.4, 0.5) is 11.4 Å². The fraction of sp³-hybridized carbons (Fsp3) is 0.235. The molecule has 0 fully saturated rings. The first-order chi connectivity index (χ1) is 12.6. The van der Waals surface area contributed by atoms with Crippen molar-refractivity contribution in [2.45, 2.75) is 12.8 Å². The molecule has 0 aliphatic carbocycles. The number of hydrogen-bond donors (Lipinski definition) is 1. The lowest BCUT2D eigenvalue weighted by molar-refractivity contribution is -0.116. The van der Waals surface area contributed by atoms with Crippen molar-refractivity contribution in [2.75, 3.05) is 22.4 Å². The fourth-order valence-electron chi connectivity index (χ4n) is 2.31. The first kappa shape index (κ1) is 22.1. The zero-order valence-corrected chi connectivity index (χ0v) is 18.0. The average molecular weight is 470 g/mol. The lowest BCUT2D eigenvalue weighted by Crippen LogP contribution is -2.31. The second kappa shape index (κ2) is 9.34. The summed E-state index contributed by atoms with van der Waals surface area (Å²) in [5.41, 5.74) is 0.823. The molecule has 0 aliphatic rings. The molecule has 0 unspecified atom stereocenters. The van der Waals surface area contributed by atoms with Gasteiger partial charge in [0.1, 0.15) is 0 Å². The zero-order chi connectivity index (χ0) is 20.2. The van der Waals surface area contributed by atoms with E-state index < -0.39 is 10.0 Å². The Morgan fingerprint density at radius 3 is 2.19 bits per heavy atom. The van der Waals surface area contributed by atoms with Crippen LogP contribution in [0, 0.1) is 0 Å². The standard InChI is InChI=1S/C17H16Cl4N2O3S/c1-27(25,26)23(12-6-4-11(18)5-7-12)8-2-3-17(24)22-16-10-14(20)13(19)9-15(16)21/h4-7,9-10H,2-3,8H2,1H3,(H,22,24). The summed E-state index contributed by atoms with van der Waals surface area (Å²) in [6.07, 6.45) is 1.51. The van der Waals surface area contributed by atoms with Crippen LogP contribution in [0.15, 0.2) is 36.4 Å². The van der Waals surface area contributed by atoms with E-state index in [1.54, 1.807) is 24.3 Å². The molecule has 27 heavy (non-hydrogen) atoms. The Hall–Kier alpha value is -1.18. The third-order valence-electron chi connectivity index (χ3n) is 3.56. The molecular weight excluding hydrogens is 454 g/mol. The van der Waals surface area contributed by atoms with Crippen LogP contribution >= 0.6 is 46.4 Å². The third-order valence-corrected chi connectivity index (χ3v) is 6.04. The van der Waals surface area contributed by atoms with Crippen LogP contribution in [-0.2, 0) is 14.8 Å². The van der Waals surface area contributed by atoms with Crippen LogP contribution in [0.2, 0.25) is 20.1 Å². The summed E-state index contributed by atoms with van der Waals surface area (Å²) < 4.78 is 25.3. The number of amides is 1. The SMILES string of the molecule is CS(=O)(=O)N(CCCC(=O)Nc1cc(Cl)c(Cl)cc1Cl)c1ccc(Cl)cc1. The minimum atomic E-state index is -3.50. The zero-order valence-electron chi connectivity index (χ0n) is 14.2. The van der Waals surface area contributed by atoms with E-state index in [9.17, 15) is 13.2 Å². The van der Waals surface area contributed by atoms with Crippen molar-refractivity contribution in [2.24, 2.45) is 0 Å². The lowest BCUT2D eigenvalue weighted by Gasteiger charge is -2.22. The predicted molar refractivity (Wildman–Crippen MR) is 113 cm³/mol. The van der Waals surface area contributed by atoms with Crippen LogP contribution < -0.4 is 9.62 Å². The molecule has 2 aromatic rings. The molecule has 0 spiro atoms. The maximum absolute atomic E-state index is 12.1. The summed E-state index contributed by atoms with van der Waals surface area (Å²) in [4.78, 5) is 12.1. The van der Waals surface area contributed by atoms with Crippen LogP contribution in [0.3, 0.4) is 0 Å². The highest BCUT2D eigenvalue weighted by molar-refractivity contribution is 7.92. The number of hydrogen-bond acceptors (Lipinski definition) is 3. The molecule has 5 nitrogen and oxygen atoms in total. The summed E-state index contributed by atoms with van der Waals surface area (Å²) >= 11 is 23.6. The van der Waals surface area contributed by atoms with Crippen molar-refractivity contribution >= 4 is 73.7 Å². The van der Waals surface area contributed by atoms with Crippen LogP contribution in [0.5, 0.6) is 0 Å². The molecule has 146 valence electrons. The van der Waals surface area contributed by atoms with Gasteiger partial charge >= 0.3 is 0 Å². The van der Waals surface area contributed by atoms with Crippen molar-refractivity contribution in [3.05, 3.63) is 56.5 Å². The summed E-state index contributed by atoms with van der Waals surface area (Å²) in [6.45, 7) is 0.142. The van der Waals surface area contributed by atoms with Crippen LogP contribution in [0.25, 0.3) is 0 Å². The van der Waals surface area contributed by atoms with Gasteiger partial charge in [-0.2, -0.15) is 0 Å². The predicted octanol–water partition coefficient (Wildman–Crippen LogP) is 5.49. The maximum Gasteiger partial charge on any atom is 0.232 e. The van der Waals surface area contributed by atoms with E-state index in [4.69, 9.17) is 46.4 Å². The van der Waals surface area contributed by atoms with Gasteiger partial charge in [0.2, 0.25) is 15.9 Å². The average Bonchev–Trinajstić information content (AvgIpc) is 2.56. The highest BCUT2D eigenvalue weighted by Crippen LogP contribution is 2.32. The number of rotatable bonds is 7. The highest BCUT2D eigenvalue weighted by Gasteiger charge is 2.18. The van der Waals surface area contributed by atoms with E-state index in [2.05, 4.69) is 5.32 Å². The van der Waals surface area contributed by atoms with Crippen molar-refractivity contribution in [1.29, 1.82) is 0 Å². The fourth-order valence-corrected chi connectivity index (χ4v) is 3.99. The molecule has 0 aliphatic heterocycles. The topological polar surface area (TPSA) is 66.5 Å².